The van der Waals surface area contributed by atoms with Gasteiger partial charge in [-0.25, -0.2) is 4.39 Å². The van der Waals surface area contributed by atoms with Crippen LogP contribution in [-0.2, 0) is 17.9 Å². The third-order valence-corrected chi connectivity index (χ3v) is 3.40. The number of hydrogen-bond acceptors (Lipinski definition) is 3. The van der Waals surface area contributed by atoms with Crippen molar-refractivity contribution >= 4 is 5.97 Å². The monoisotopic (exact) mass is 305 g/mol. The highest BCUT2D eigenvalue weighted by Gasteiger charge is 2.20. The molecule has 2 aromatic rings. The van der Waals surface area contributed by atoms with Crippen LogP contribution in [0.4, 0.5) is 4.39 Å². The Balaban J connectivity index is 1.93. The van der Waals surface area contributed by atoms with Gasteiger partial charge < -0.3 is 5.11 Å². The van der Waals surface area contributed by atoms with E-state index >= 15 is 0 Å². The van der Waals surface area contributed by atoms with Gasteiger partial charge in [0.25, 0.3) is 0 Å². The first-order valence-corrected chi connectivity index (χ1v) is 7.17. The van der Waals surface area contributed by atoms with Crippen molar-refractivity contribution in [3.05, 3.63) is 53.6 Å². The van der Waals surface area contributed by atoms with Crippen molar-refractivity contribution in [1.82, 2.24) is 15.1 Å². The fourth-order valence-corrected chi connectivity index (χ4v) is 2.20. The molecular weight excluding hydrogens is 285 g/mol. The summed E-state index contributed by atoms with van der Waals surface area (Å²) in [5.41, 5.74) is 1.86. The molecular formula is C16H20FN3O2. The summed E-state index contributed by atoms with van der Waals surface area (Å²) in [5, 5.41) is 16.4. The smallest absolute Gasteiger partial charge is 0.320 e. The average molecular weight is 305 g/mol. The lowest BCUT2D eigenvalue weighted by atomic mass is 10.0. The van der Waals surface area contributed by atoms with Crippen molar-refractivity contribution in [2.75, 3.05) is 0 Å². The molecule has 0 unspecified atom stereocenters. The van der Waals surface area contributed by atoms with Crippen LogP contribution in [0.2, 0.25) is 0 Å². The molecule has 0 aliphatic heterocycles. The standard InChI is InChI=1S/C16H20FN3O2/c1-11(2)15(16(21)22)18-7-13-8-19-20(10-13)9-12-3-5-14(17)6-4-12/h3-6,8,10-11,15,18H,7,9H2,1-2H3,(H,21,22)/t15-/m1/s1. The topological polar surface area (TPSA) is 67.2 Å². The zero-order valence-electron chi connectivity index (χ0n) is 12.7. The minimum absolute atomic E-state index is 0.00626. The largest absolute Gasteiger partial charge is 0.480 e. The summed E-state index contributed by atoms with van der Waals surface area (Å²) in [7, 11) is 0. The molecule has 1 atom stereocenters. The number of halogens is 1. The molecule has 0 spiro atoms. The molecule has 118 valence electrons. The minimum atomic E-state index is -0.853. The van der Waals surface area contributed by atoms with Crippen molar-refractivity contribution in [1.29, 1.82) is 0 Å². The fourth-order valence-electron chi connectivity index (χ4n) is 2.20. The normalized spacial score (nSPS) is 12.5. The number of aromatic nitrogens is 2. The Bertz CT molecular complexity index is 623. The zero-order chi connectivity index (χ0) is 16.1. The lowest BCUT2D eigenvalue weighted by Crippen LogP contribution is -2.40. The molecule has 0 saturated carbocycles. The minimum Gasteiger partial charge on any atom is -0.480 e. The second kappa shape index (κ2) is 7.17. The Kier molecular flexibility index (Phi) is 5.27. The Morgan fingerprint density at radius 1 is 1.32 bits per heavy atom. The van der Waals surface area contributed by atoms with Crippen LogP contribution in [0.1, 0.15) is 25.0 Å². The molecule has 2 rings (SSSR count). The summed E-state index contributed by atoms with van der Waals surface area (Å²) < 4.78 is 14.6. The van der Waals surface area contributed by atoms with Crippen molar-refractivity contribution in [2.24, 2.45) is 5.92 Å². The van der Waals surface area contributed by atoms with Gasteiger partial charge in [-0.2, -0.15) is 5.10 Å². The molecule has 6 heteroatoms. The first-order chi connectivity index (χ1) is 10.5. The SMILES string of the molecule is CC(C)[C@@H](NCc1cnn(Cc2ccc(F)cc2)c1)C(=O)O. The second-order valence-corrected chi connectivity index (χ2v) is 5.61. The maximum Gasteiger partial charge on any atom is 0.320 e. The molecule has 0 fully saturated rings. The number of nitrogens with zero attached hydrogens (tertiary/aromatic N) is 2. The van der Waals surface area contributed by atoms with Crippen LogP contribution in [0.3, 0.4) is 0 Å². The lowest BCUT2D eigenvalue weighted by Gasteiger charge is -2.17. The number of carboxylic acids is 1. The number of hydrogen-bond donors (Lipinski definition) is 2. The molecule has 1 aromatic carbocycles. The van der Waals surface area contributed by atoms with E-state index in [9.17, 15) is 9.18 Å². The Hall–Kier alpha value is -2.21. The molecule has 22 heavy (non-hydrogen) atoms. The summed E-state index contributed by atoms with van der Waals surface area (Å²) >= 11 is 0. The molecule has 0 bridgehead atoms. The third-order valence-electron chi connectivity index (χ3n) is 3.40. The van der Waals surface area contributed by atoms with E-state index in [4.69, 9.17) is 5.11 Å². The predicted molar refractivity (Wildman–Crippen MR) is 80.8 cm³/mol. The first kappa shape index (κ1) is 16.2. The van der Waals surface area contributed by atoms with Crippen LogP contribution in [0.15, 0.2) is 36.7 Å². The summed E-state index contributed by atoms with van der Waals surface area (Å²) in [6.45, 7) is 4.72. The van der Waals surface area contributed by atoms with Crippen LogP contribution in [0.25, 0.3) is 0 Å². The van der Waals surface area contributed by atoms with Gasteiger partial charge in [0.15, 0.2) is 0 Å². The molecule has 0 radical (unpaired) electrons. The number of carbonyl (C=O) groups is 1. The summed E-state index contributed by atoms with van der Waals surface area (Å²) in [6.07, 6.45) is 3.56. The van der Waals surface area contributed by atoms with Gasteiger partial charge in [-0.05, 0) is 23.6 Å². The molecule has 0 amide bonds. The maximum absolute atomic E-state index is 12.9. The maximum atomic E-state index is 12.9. The highest BCUT2D eigenvalue weighted by molar-refractivity contribution is 5.73. The zero-order valence-corrected chi connectivity index (χ0v) is 12.7. The molecule has 2 N–H and O–H groups in total. The van der Waals surface area contributed by atoms with Crippen LogP contribution < -0.4 is 5.32 Å². The number of benzene rings is 1. The third kappa shape index (κ3) is 4.39. The van der Waals surface area contributed by atoms with E-state index in [1.54, 1.807) is 23.0 Å². The van der Waals surface area contributed by atoms with Crippen molar-refractivity contribution in [3.8, 4) is 0 Å². The lowest BCUT2D eigenvalue weighted by molar-refractivity contribution is -0.140. The Morgan fingerprint density at radius 3 is 2.59 bits per heavy atom. The van der Waals surface area contributed by atoms with Crippen LogP contribution in [0.5, 0.6) is 0 Å². The van der Waals surface area contributed by atoms with Gasteiger partial charge in [-0.1, -0.05) is 26.0 Å². The first-order valence-electron chi connectivity index (χ1n) is 7.17. The van der Waals surface area contributed by atoms with E-state index in [1.165, 1.54) is 12.1 Å². The van der Waals surface area contributed by atoms with Gasteiger partial charge in [-0.15, -0.1) is 0 Å². The quantitative estimate of drug-likeness (QED) is 0.823. The number of rotatable bonds is 7. The Morgan fingerprint density at radius 2 is 2.00 bits per heavy atom. The molecule has 0 saturated heterocycles. The van der Waals surface area contributed by atoms with Crippen LogP contribution in [0, 0.1) is 11.7 Å². The second-order valence-electron chi connectivity index (χ2n) is 5.61. The summed E-state index contributed by atoms with van der Waals surface area (Å²) in [6, 6.07) is 5.69. The number of nitrogens with one attached hydrogen (secondary N) is 1. The predicted octanol–water partition coefficient (Wildman–Crippen LogP) is 2.27. The van der Waals surface area contributed by atoms with Crippen molar-refractivity contribution < 1.29 is 14.3 Å². The van der Waals surface area contributed by atoms with E-state index in [0.29, 0.717) is 13.1 Å². The van der Waals surface area contributed by atoms with Gasteiger partial charge in [0.1, 0.15) is 11.9 Å². The summed E-state index contributed by atoms with van der Waals surface area (Å²) in [4.78, 5) is 11.1. The van der Waals surface area contributed by atoms with Gasteiger partial charge in [0.2, 0.25) is 0 Å². The van der Waals surface area contributed by atoms with Crippen molar-refractivity contribution in [3.63, 3.8) is 0 Å². The highest BCUT2D eigenvalue weighted by atomic mass is 19.1. The molecule has 1 aromatic heterocycles. The van der Waals surface area contributed by atoms with E-state index in [0.717, 1.165) is 11.1 Å². The van der Waals surface area contributed by atoms with Gasteiger partial charge in [0, 0.05) is 18.3 Å². The van der Waals surface area contributed by atoms with E-state index in [-0.39, 0.29) is 11.7 Å². The molecule has 5 nitrogen and oxygen atoms in total. The number of aliphatic carboxylic acids is 1. The van der Waals surface area contributed by atoms with Gasteiger partial charge in [0.05, 0.1) is 12.7 Å². The molecule has 0 aliphatic rings. The summed E-state index contributed by atoms with van der Waals surface area (Å²) in [5.74, 6) is -1.11. The van der Waals surface area contributed by atoms with E-state index in [1.807, 2.05) is 20.0 Å². The Labute approximate surface area is 128 Å². The van der Waals surface area contributed by atoms with Crippen LogP contribution in [-0.4, -0.2) is 26.9 Å². The fraction of sp³-hybridized carbons (Fsp3) is 0.375. The van der Waals surface area contributed by atoms with Gasteiger partial charge in [-0.3, -0.25) is 14.8 Å². The van der Waals surface area contributed by atoms with Crippen LogP contribution >= 0.6 is 0 Å². The van der Waals surface area contributed by atoms with E-state index < -0.39 is 12.0 Å². The van der Waals surface area contributed by atoms with E-state index in [2.05, 4.69) is 10.4 Å². The van der Waals surface area contributed by atoms with Gasteiger partial charge >= 0.3 is 5.97 Å². The molecule has 1 heterocycles. The highest BCUT2D eigenvalue weighted by Crippen LogP contribution is 2.07. The molecule has 0 aliphatic carbocycles. The van der Waals surface area contributed by atoms with Crippen molar-refractivity contribution in [2.45, 2.75) is 33.0 Å². The number of carboxylic acid groups (broad SMARTS) is 1. The average Bonchev–Trinajstić information content (AvgIpc) is 2.88.